The van der Waals surface area contributed by atoms with Crippen LogP contribution < -0.4 is 10.6 Å². The molecular weight excluding hydrogens is 350 g/mol. The quantitative estimate of drug-likeness (QED) is 0.696. The van der Waals surface area contributed by atoms with Gasteiger partial charge in [-0.1, -0.05) is 38.1 Å². The lowest BCUT2D eigenvalue weighted by Gasteiger charge is -2.20. The monoisotopic (exact) mass is 379 g/mol. The van der Waals surface area contributed by atoms with Crippen LogP contribution in [0.3, 0.4) is 0 Å². The van der Waals surface area contributed by atoms with E-state index in [9.17, 15) is 9.59 Å². The Morgan fingerprint density at radius 1 is 0.964 bits per heavy atom. The summed E-state index contributed by atoms with van der Waals surface area (Å²) in [6.07, 6.45) is 1.95. The van der Waals surface area contributed by atoms with Gasteiger partial charge < -0.3 is 10.6 Å². The van der Waals surface area contributed by atoms with Crippen molar-refractivity contribution in [3.8, 4) is 0 Å². The number of hydrogen-bond donors (Lipinski definition) is 2. The standard InChI is InChI=1S/C23H29N3O2/c1-3-26(4-2)16-20-8-6-5-7-19(20)15-24-22(27)17-11-13-21(14-12-17)25-23(28)18-9-10-18/h5-8,11-14,18H,3-4,9-10,15-16H2,1-2H3,(H,24,27)(H,25,28). The van der Waals surface area contributed by atoms with Crippen LogP contribution in [0.2, 0.25) is 0 Å². The number of carbonyl (C=O) groups is 2. The number of nitrogens with zero attached hydrogens (tertiary/aromatic N) is 1. The van der Waals surface area contributed by atoms with Crippen LogP contribution in [0.1, 0.15) is 48.2 Å². The molecular formula is C23H29N3O2. The highest BCUT2D eigenvalue weighted by Crippen LogP contribution is 2.30. The Labute approximate surface area is 167 Å². The van der Waals surface area contributed by atoms with Crippen molar-refractivity contribution in [2.75, 3.05) is 18.4 Å². The molecule has 3 rings (SSSR count). The molecule has 5 nitrogen and oxygen atoms in total. The largest absolute Gasteiger partial charge is 0.348 e. The van der Waals surface area contributed by atoms with Gasteiger partial charge in [-0.15, -0.1) is 0 Å². The molecule has 2 aromatic rings. The molecule has 0 unspecified atom stereocenters. The number of hydrogen-bond acceptors (Lipinski definition) is 3. The normalized spacial score (nSPS) is 13.4. The maximum Gasteiger partial charge on any atom is 0.251 e. The van der Waals surface area contributed by atoms with Crippen molar-refractivity contribution in [1.29, 1.82) is 0 Å². The predicted octanol–water partition coefficient (Wildman–Crippen LogP) is 3.81. The highest BCUT2D eigenvalue weighted by Gasteiger charge is 2.29. The van der Waals surface area contributed by atoms with Gasteiger partial charge in [-0.3, -0.25) is 14.5 Å². The molecule has 148 valence electrons. The Balaban J connectivity index is 1.57. The summed E-state index contributed by atoms with van der Waals surface area (Å²) >= 11 is 0. The molecule has 0 spiro atoms. The van der Waals surface area contributed by atoms with E-state index in [0.29, 0.717) is 12.1 Å². The molecule has 1 fully saturated rings. The van der Waals surface area contributed by atoms with Crippen molar-refractivity contribution in [3.63, 3.8) is 0 Å². The van der Waals surface area contributed by atoms with Crippen LogP contribution in [0.25, 0.3) is 0 Å². The molecule has 1 aliphatic rings. The second kappa shape index (κ2) is 9.51. The zero-order chi connectivity index (χ0) is 19.9. The topological polar surface area (TPSA) is 61.4 Å². The van der Waals surface area contributed by atoms with Crippen molar-refractivity contribution in [1.82, 2.24) is 10.2 Å². The van der Waals surface area contributed by atoms with Crippen LogP contribution in [-0.4, -0.2) is 29.8 Å². The van der Waals surface area contributed by atoms with Gasteiger partial charge in [-0.05, 0) is 61.3 Å². The van der Waals surface area contributed by atoms with Crippen molar-refractivity contribution in [2.24, 2.45) is 5.92 Å². The lowest BCUT2D eigenvalue weighted by Crippen LogP contribution is -2.26. The van der Waals surface area contributed by atoms with Gasteiger partial charge in [0, 0.05) is 30.3 Å². The maximum absolute atomic E-state index is 12.5. The summed E-state index contributed by atoms with van der Waals surface area (Å²) in [4.78, 5) is 26.7. The molecule has 1 aliphatic carbocycles. The van der Waals surface area contributed by atoms with Gasteiger partial charge in [0.2, 0.25) is 5.91 Å². The van der Waals surface area contributed by atoms with Crippen molar-refractivity contribution >= 4 is 17.5 Å². The van der Waals surface area contributed by atoms with E-state index in [1.807, 2.05) is 12.1 Å². The van der Waals surface area contributed by atoms with Crippen molar-refractivity contribution in [2.45, 2.75) is 39.8 Å². The summed E-state index contributed by atoms with van der Waals surface area (Å²) < 4.78 is 0. The Kier molecular flexibility index (Phi) is 6.82. The minimum absolute atomic E-state index is 0.0713. The Hall–Kier alpha value is -2.66. The first-order chi connectivity index (χ1) is 13.6. The van der Waals surface area contributed by atoms with E-state index in [-0.39, 0.29) is 17.7 Å². The second-order valence-electron chi connectivity index (χ2n) is 7.25. The number of carbonyl (C=O) groups excluding carboxylic acids is 2. The molecule has 0 radical (unpaired) electrons. The minimum atomic E-state index is -0.113. The molecule has 2 amide bonds. The number of anilines is 1. The molecule has 2 N–H and O–H groups in total. The van der Waals surface area contributed by atoms with Crippen LogP contribution in [0.5, 0.6) is 0 Å². The molecule has 28 heavy (non-hydrogen) atoms. The molecule has 0 bridgehead atoms. The number of benzene rings is 2. The van der Waals surface area contributed by atoms with E-state index in [2.05, 4.69) is 41.5 Å². The van der Waals surface area contributed by atoms with E-state index in [1.165, 1.54) is 5.56 Å². The van der Waals surface area contributed by atoms with E-state index in [0.717, 1.165) is 43.7 Å². The SMILES string of the molecule is CCN(CC)Cc1ccccc1CNC(=O)c1ccc(NC(=O)C2CC2)cc1. The van der Waals surface area contributed by atoms with Crippen LogP contribution in [0, 0.1) is 5.92 Å². The van der Waals surface area contributed by atoms with E-state index in [1.54, 1.807) is 24.3 Å². The lowest BCUT2D eigenvalue weighted by atomic mass is 10.1. The molecule has 0 aromatic heterocycles. The minimum Gasteiger partial charge on any atom is -0.348 e. The van der Waals surface area contributed by atoms with Gasteiger partial charge in [0.1, 0.15) is 0 Å². The molecule has 0 aliphatic heterocycles. The maximum atomic E-state index is 12.5. The third-order valence-corrected chi connectivity index (χ3v) is 5.21. The summed E-state index contributed by atoms with van der Waals surface area (Å²) in [5.74, 6) is 0.124. The van der Waals surface area contributed by atoms with E-state index in [4.69, 9.17) is 0 Å². The van der Waals surface area contributed by atoms with Gasteiger partial charge in [-0.25, -0.2) is 0 Å². The first kappa shape index (κ1) is 20.1. The molecule has 0 heterocycles. The third-order valence-electron chi connectivity index (χ3n) is 5.21. The Morgan fingerprint density at radius 3 is 2.21 bits per heavy atom. The molecule has 1 saturated carbocycles. The zero-order valence-corrected chi connectivity index (χ0v) is 16.7. The summed E-state index contributed by atoms with van der Waals surface area (Å²) in [7, 11) is 0. The summed E-state index contributed by atoms with van der Waals surface area (Å²) in [5, 5.41) is 5.90. The fourth-order valence-electron chi connectivity index (χ4n) is 3.14. The summed E-state index contributed by atoms with van der Waals surface area (Å²) in [6, 6.07) is 15.3. The van der Waals surface area contributed by atoms with Crippen molar-refractivity contribution in [3.05, 3.63) is 65.2 Å². The van der Waals surface area contributed by atoms with Gasteiger partial charge in [0.25, 0.3) is 5.91 Å². The van der Waals surface area contributed by atoms with E-state index >= 15 is 0 Å². The van der Waals surface area contributed by atoms with Gasteiger partial charge in [0.15, 0.2) is 0 Å². The van der Waals surface area contributed by atoms with Crippen molar-refractivity contribution < 1.29 is 9.59 Å². The van der Waals surface area contributed by atoms with Crippen LogP contribution in [-0.2, 0) is 17.9 Å². The van der Waals surface area contributed by atoms with Gasteiger partial charge in [-0.2, -0.15) is 0 Å². The lowest BCUT2D eigenvalue weighted by molar-refractivity contribution is -0.117. The first-order valence-corrected chi connectivity index (χ1v) is 10.1. The third kappa shape index (κ3) is 5.42. The predicted molar refractivity (Wildman–Crippen MR) is 112 cm³/mol. The molecule has 2 aromatic carbocycles. The van der Waals surface area contributed by atoms with Gasteiger partial charge in [0.05, 0.1) is 0 Å². The van der Waals surface area contributed by atoms with Crippen LogP contribution in [0.4, 0.5) is 5.69 Å². The Morgan fingerprint density at radius 2 is 1.61 bits per heavy atom. The molecule has 5 heteroatoms. The number of nitrogens with one attached hydrogen (secondary N) is 2. The zero-order valence-electron chi connectivity index (χ0n) is 16.7. The molecule has 0 saturated heterocycles. The van der Waals surface area contributed by atoms with E-state index < -0.39 is 0 Å². The first-order valence-electron chi connectivity index (χ1n) is 10.1. The highest BCUT2D eigenvalue weighted by atomic mass is 16.2. The Bertz CT molecular complexity index is 809. The fraction of sp³-hybridized carbons (Fsp3) is 0.391. The average Bonchev–Trinajstić information content (AvgIpc) is 3.57. The number of amides is 2. The average molecular weight is 380 g/mol. The van der Waals surface area contributed by atoms with Crippen LogP contribution in [0.15, 0.2) is 48.5 Å². The fourth-order valence-corrected chi connectivity index (χ4v) is 3.14. The summed E-state index contributed by atoms with van der Waals surface area (Å²) in [6.45, 7) is 7.70. The van der Waals surface area contributed by atoms with Crippen LogP contribution >= 0.6 is 0 Å². The summed E-state index contributed by atoms with van der Waals surface area (Å²) in [5.41, 5.74) is 3.70. The second-order valence-corrected chi connectivity index (χ2v) is 7.25. The highest BCUT2D eigenvalue weighted by molar-refractivity contribution is 5.96. The molecule has 0 atom stereocenters. The number of rotatable bonds is 9. The van der Waals surface area contributed by atoms with Gasteiger partial charge >= 0.3 is 0 Å². The smallest absolute Gasteiger partial charge is 0.251 e.